The number of halogens is 2. The van der Waals surface area contributed by atoms with Crippen LogP contribution in [0.25, 0.3) is 0 Å². The van der Waals surface area contributed by atoms with Gasteiger partial charge in [-0.1, -0.05) is 23.2 Å². The Bertz CT molecular complexity index is 354. The highest BCUT2D eigenvalue weighted by Gasteiger charge is 2.18. The van der Waals surface area contributed by atoms with Crippen LogP contribution in [0, 0.1) is 0 Å². The Morgan fingerprint density at radius 3 is 2.69 bits per heavy atom. The molecular weight excluding hydrogens is 217 g/mol. The molecule has 1 aromatic heterocycles. The Kier molecular flexibility index (Phi) is 2.95. The van der Waals surface area contributed by atoms with Gasteiger partial charge in [0.15, 0.2) is 0 Å². The van der Waals surface area contributed by atoms with Gasteiger partial charge in [0.05, 0.1) is 18.3 Å². The summed E-state index contributed by atoms with van der Waals surface area (Å²) >= 11 is 11.2. The van der Waals surface area contributed by atoms with E-state index in [9.17, 15) is 4.79 Å². The van der Waals surface area contributed by atoms with Crippen LogP contribution in [0.1, 0.15) is 10.4 Å². The first-order valence-corrected chi connectivity index (χ1v) is 3.94. The summed E-state index contributed by atoms with van der Waals surface area (Å²) in [6.07, 6.45) is 1.18. The van der Waals surface area contributed by atoms with Crippen molar-refractivity contribution in [1.82, 2.24) is 4.98 Å². The number of nitrogens with zero attached hydrogens (tertiary/aromatic N) is 1. The summed E-state index contributed by atoms with van der Waals surface area (Å²) < 4.78 is 4.73. The van der Waals surface area contributed by atoms with E-state index in [1.807, 2.05) is 0 Å². The summed E-state index contributed by atoms with van der Waals surface area (Å²) in [5, 5.41) is 8.60. The fraction of sp³-hybridized carbons (Fsp3) is 0.143. The molecule has 1 rings (SSSR count). The zero-order chi connectivity index (χ0) is 10.0. The van der Waals surface area contributed by atoms with Gasteiger partial charge in [0, 0.05) is 0 Å². The van der Waals surface area contributed by atoms with Crippen LogP contribution in [0.2, 0.25) is 10.0 Å². The lowest BCUT2D eigenvalue weighted by molar-refractivity contribution is 0.0696. The van der Waals surface area contributed by atoms with E-state index in [-0.39, 0.29) is 21.5 Å². The average molecular weight is 222 g/mol. The number of aromatic nitrogens is 1. The molecule has 13 heavy (non-hydrogen) atoms. The van der Waals surface area contributed by atoms with Gasteiger partial charge in [-0.05, 0) is 0 Å². The van der Waals surface area contributed by atoms with Gasteiger partial charge < -0.3 is 9.84 Å². The molecule has 0 spiro atoms. The third-order valence-corrected chi connectivity index (χ3v) is 1.99. The van der Waals surface area contributed by atoms with Gasteiger partial charge >= 0.3 is 5.97 Å². The van der Waals surface area contributed by atoms with E-state index in [1.165, 1.54) is 13.3 Å². The molecule has 0 aliphatic carbocycles. The van der Waals surface area contributed by atoms with E-state index in [0.29, 0.717) is 0 Å². The fourth-order valence-electron chi connectivity index (χ4n) is 0.787. The number of carboxylic acids is 1. The van der Waals surface area contributed by atoms with Gasteiger partial charge in [-0.3, -0.25) is 0 Å². The predicted octanol–water partition coefficient (Wildman–Crippen LogP) is 2.10. The summed E-state index contributed by atoms with van der Waals surface area (Å²) in [7, 11) is 1.34. The molecule has 0 aromatic carbocycles. The molecule has 1 N–H and O–H groups in total. The lowest BCUT2D eigenvalue weighted by Crippen LogP contribution is -2.01. The normalized spacial score (nSPS) is 9.77. The molecule has 0 aliphatic heterocycles. The Morgan fingerprint density at radius 2 is 2.23 bits per heavy atom. The van der Waals surface area contributed by atoms with Gasteiger partial charge in [-0.25, -0.2) is 9.78 Å². The van der Waals surface area contributed by atoms with Crippen LogP contribution in [0.4, 0.5) is 0 Å². The average Bonchev–Trinajstić information content (AvgIpc) is 2.04. The largest absolute Gasteiger partial charge is 0.480 e. The van der Waals surface area contributed by atoms with Crippen molar-refractivity contribution in [2.45, 2.75) is 0 Å². The minimum Gasteiger partial charge on any atom is -0.480 e. The van der Waals surface area contributed by atoms with Crippen molar-refractivity contribution in [3.63, 3.8) is 0 Å². The zero-order valence-electron chi connectivity index (χ0n) is 6.54. The fourth-order valence-corrected chi connectivity index (χ4v) is 1.37. The molecule has 0 fully saturated rings. The highest BCUT2D eigenvalue weighted by atomic mass is 35.5. The van der Waals surface area contributed by atoms with Crippen LogP contribution in [0.15, 0.2) is 6.20 Å². The number of hydrogen-bond donors (Lipinski definition) is 1. The number of carboxylic acid groups (broad SMARTS) is 1. The van der Waals surface area contributed by atoms with Gasteiger partial charge in [-0.2, -0.15) is 0 Å². The second kappa shape index (κ2) is 3.81. The van der Waals surface area contributed by atoms with Crippen molar-refractivity contribution in [3.05, 3.63) is 21.8 Å². The van der Waals surface area contributed by atoms with Crippen LogP contribution in [-0.4, -0.2) is 23.2 Å². The standard InChI is InChI=1S/C7H5Cl2NO3/c1-13-6-5(9)4(7(11)12)3(8)2-10-6/h2H,1H3,(H,11,12). The molecule has 4 nitrogen and oxygen atoms in total. The lowest BCUT2D eigenvalue weighted by Gasteiger charge is -2.05. The molecule has 1 heterocycles. The van der Waals surface area contributed by atoms with Crippen molar-refractivity contribution >= 4 is 29.2 Å². The number of methoxy groups -OCH3 is 1. The van der Waals surface area contributed by atoms with E-state index in [4.69, 9.17) is 33.0 Å². The van der Waals surface area contributed by atoms with E-state index in [1.54, 1.807) is 0 Å². The number of ether oxygens (including phenoxy) is 1. The van der Waals surface area contributed by atoms with Crippen molar-refractivity contribution < 1.29 is 14.6 Å². The maximum atomic E-state index is 10.7. The Balaban J connectivity index is 3.38. The van der Waals surface area contributed by atoms with E-state index in [0.717, 1.165) is 0 Å². The lowest BCUT2D eigenvalue weighted by atomic mass is 10.2. The van der Waals surface area contributed by atoms with E-state index < -0.39 is 5.97 Å². The summed E-state index contributed by atoms with van der Waals surface area (Å²) in [4.78, 5) is 14.3. The Hall–Kier alpha value is -1.00. The minimum absolute atomic E-state index is 0.0155. The van der Waals surface area contributed by atoms with Crippen molar-refractivity contribution in [2.24, 2.45) is 0 Å². The Labute approximate surface area is 84.1 Å². The van der Waals surface area contributed by atoms with Crippen molar-refractivity contribution in [2.75, 3.05) is 7.11 Å². The van der Waals surface area contributed by atoms with Crippen molar-refractivity contribution in [3.8, 4) is 5.88 Å². The quantitative estimate of drug-likeness (QED) is 0.832. The predicted molar refractivity (Wildman–Crippen MR) is 47.8 cm³/mol. The number of aromatic carboxylic acids is 1. The van der Waals surface area contributed by atoms with Gasteiger partial charge in [-0.15, -0.1) is 0 Å². The van der Waals surface area contributed by atoms with Crippen LogP contribution >= 0.6 is 23.2 Å². The molecule has 1 aromatic rings. The second-order valence-electron chi connectivity index (χ2n) is 2.11. The highest BCUT2D eigenvalue weighted by molar-refractivity contribution is 6.39. The SMILES string of the molecule is COc1ncc(Cl)c(C(=O)O)c1Cl. The number of rotatable bonds is 2. The summed E-state index contributed by atoms with van der Waals surface area (Å²) in [5.74, 6) is -1.17. The first-order chi connectivity index (χ1) is 6.07. The Morgan fingerprint density at radius 1 is 1.62 bits per heavy atom. The molecule has 70 valence electrons. The van der Waals surface area contributed by atoms with Gasteiger partial charge in [0.1, 0.15) is 10.6 Å². The van der Waals surface area contributed by atoms with Crippen molar-refractivity contribution in [1.29, 1.82) is 0 Å². The summed E-state index contributed by atoms with van der Waals surface area (Å²) in [6.45, 7) is 0. The third kappa shape index (κ3) is 1.84. The van der Waals surface area contributed by atoms with Gasteiger partial charge in [0.25, 0.3) is 0 Å². The van der Waals surface area contributed by atoms with E-state index in [2.05, 4.69) is 4.98 Å². The molecule has 0 amide bonds. The molecular formula is C7H5Cl2NO3. The molecule has 0 atom stereocenters. The zero-order valence-corrected chi connectivity index (χ0v) is 8.06. The van der Waals surface area contributed by atoms with Gasteiger partial charge in [0.2, 0.25) is 5.88 Å². The smallest absolute Gasteiger partial charge is 0.339 e. The molecule has 0 unspecified atom stereocenters. The van der Waals surface area contributed by atoms with E-state index >= 15 is 0 Å². The van der Waals surface area contributed by atoms with Crippen LogP contribution in [0.3, 0.4) is 0 Å². The highest BCUT2D eigenvalue weighted by Crippen LogP contribution is 2.30. The number of pyridine rings is 1. The molecule has 0 radical (unpaired) electrons. The molecule has 0 saturated heterocycles. The second-order valence-corrected chi connectivity index (χ2v) is 2.89. The van der Waals surface area contributed by atoms with Crippen LogP contribution < -0.4 is 4.74 Å². The topological polar surface area (TPSA) is 59.4 Å². The van der Waals surface area contributed by atoms with Crippen LogP contribution in [0.5, 0.6) is 5.88 Å². The maximum absolute atomic E-state index is 10.7. The minimum atomic E-state index is -1.21. The number of hydrogen-bond acceptors (Lipinski definition) is 3. The summed E-state index contributed by atoms with van der Waals surface area (Å²) in [6, 6.07) is 0. The molecule has 0 aliphatic rings. The first kappa shape index (κ1) is 10.1. The summed E-state index contributed by atoms with van der Waals surface area (Å²) in [5.41, 5.74) is -0.199. The first-order valence-electron chi connectivity index (χ1n) is 3.19. The number of carbonyl (C=O) groups is 1. The third-order valence-electron chi connectivity index (χ3n) is 1.35. The molecule has 0 saturated carbocycles. The molecule has 0 bridgehead atoms. The maximum Gasteiger partial charge on any atom is 0.339 e. The monoisotopic (exact) mass is 221 g/mol. The molecule has 6 heteroatoms. The van der Waals surface area contributed by atoms with Crippen LogP contribution in [-0.2, 0) is 0 Å².